The van der Waals surface area contributed by atoms with Gasteiger partial charge in [0.2, 0.25) is 0 Å². The molecule has 3 N–H and O–H groups in total. The van der Waals surface area contributed by atoms with Crippen LogP contribution >= 0.6 is 11.8 Å². The number of nitrogen functional groups attached to an aromatic ring is 1. The molecular formula is C27H39NO3S. The summed E-state index contributed by atoms with van der Waals surface area (Å²) in [7, 11) is 0. The monoisotopic (exact) mass is 457 g/mol. The molecule has 0 radical (unpaired) electrons. The van der Waals surface area contributed by atoms with E-state index in [0.717, 1.165) is 11.3 Å². The summed E-state index contributed by atoms with van der Waals surface area (Å²) in [4.78, 5) is 13.1. The van der Waals surface area contributed by atoms with E-state index in [1.165, 1.54) is 62.3 Å². The second-order valence-electron chi connectivity index (χ2n) is 8.46. The number of esters is 1. The van der Waals surface area contributed by atoms with Gasteiger partial charge in [-0.3, -0.25) is 4.79 Å². The molecule has 32 heavy (non-hydrogen) atoms. The van der Waals surface area contributed by atoms with Gasteiger partial charge in [-0.1, -0.05) is 76.6 Å². The number of para-hydroxylation sites is 1. The third kappa shape index (κ3) is 10.1. The molecule has 0 spiro atoms. The number of hydrogen-bond acceptors (Lipinski definition) is 5. The second kappa shape index (κ2) is 15.0. The van der Waals surface area contributed by atoms with Crippen LogP contribution in [-0.2, 0) is 11.2 Å². The van der Waals surface area contributed by atoms with Crippen LogP contribution in [-0.4, -0.2) is 22.4 Å². The average molecular weight is 458 g/mol. The first-order valence-corrected chi connectivity index (χ1v) is 12.9. The number of carbonyl (C=O) groups excluding carboxylic acids is 1. The highest BCUT2D eigenvalue weighted by atomic mass is 32.2. The van der Waals surface area contributed by atoms with E-state index in [0.29, 0.717) is 17.9 Å². The summed E-state index contributed by atoms with van der Waals surface area (Å²) in [6.07, 6.45) is 10.1. The Kier molecular flexibility index (Phi) is 12.3. The number of hydrogen-bond donors (Lipinski definition) is 2. The highest BCUT2D eigenvalue weighted by molar-refractivity contribution is 8.00. The molecule has 2 aromatic rings. The zero-order valence-corrected chi connectivity index (χ0v) is 20.4. The minimum absolute atomic E-state index is 0.0709. The topological polar surface area (TPSA) is 72.5 Å². The Morgan fingerprint density at radius 3 is 2.34 bits per heavy atom. The second-order valence-corrected chi connectivity index (χ2v) is 9.88. The largest absolute Gasteiger partial charge is 0.427 e. The van der Waals surface area contributed by atoms with Crippen molar-refractivity contribution in [3.8, 4) is 5.75 Å². The molecule has 176 valence electrons. The molecule has 0 saturated carbocycles. The van der Waals surface area contributed by atoms with Crippen molar-refractivity contribution < 1.29 is 14.6 Å². The fourth-order valence-electron chi connectivity index (χ4n) is 3.56. The van der Waals surface area contributed by atoms with Crippen LogP contribution in [0.3, 0.4) is 0 Å². The van der Waals surface area contributed by atoms with Crippen molar-refractivity contribution in [1.82, 2.24) is 0 Å². The van der Waals surface area contributed by atoms with Gasteiger partial charge in [-0.05, 0) is 49.1 Å². The van der Waals surface area contributed by atoms with Crippen molar-refractivity contribution in [3.63, 3.8) is 0 Å². The zero-order valence-electron chi connectivity index (χ0n) is 19.6. The van der Waals surface area contributed by atoms with Crippen molar-refractivity contribution in [1.29, 1.82) is 0 Å². The van der Waals surface area contributed by atoms with E-state index < -0.39 is 6.10 Å². The molecule has 0 heterocycles. The quantitative estimate of drug-likeness (QED) is 0.101. The molecule has 5 heteroatoms. The molecule has 0 amide bonds. The van der Waals surface area contributed by atoms with Gasteiger partial charge in [0.15, 0.2) is 0 Å². The first kappa shape index (κ1) is 26.3. The maximum absolute atomic E-state index is 12.2. The number of anilines is 1. The molecule has 0 aliphatic rings. The van der Waals surface area contributed by atoms with E-state index in [2.05, 4.69) is 6.92 Å². The van der Waals surface area contributed by atoms with Crippen LogP contribution in [0.1, 0.15) is 77.2 Å². The lowest BCUT2D eigenvalue weighted by Gasteiger charge is -2.18. The number of rotatable bonds is 15. The summed E-state index contributed by atoms with van der Waals surface area (Å²) in [6, 6.07) is 15.4. The first-order valence-electron chi connectivity index (χ1n) is 12.0. The number of benzene rings is 2. The SMILES string of the molecule is CCCCCCCCCc1ccc(OC(=O)CCC(O)C(C)Sc2ccccc2N)cc1. The number of unbranched alkanes of at least 4 members (excludes halogenated alkanes) is 6. The molecule has 2 atom stereocenters. The number of ether oxygens (including phenoxy) is 1. The number of aliphatic hydroxyl groups excluding tert-OH is 1. The van der Waals surface area contributed by atoms with Crippen molar-refractivity contribution in [2.24, 2.45) is 0 Å². The van der Waals surface area contributed by atoms with Crippen molar-refractivity contribution in [2.45, 2.75) is 94.3 Å². The van der Waals surface area contributed by atoms with E-state index >= 15 is 0 Å². The Bertz CT molecular complexity index is 794. The van der Waals surface area contributed by atoms with Gasteiger partial charge in [0, 0.05) is 22.3 Å². The summed E-state index contributed by atoms with van der Waals surface area (Å²) < 4.78 is 5.44. The molecule has 0 aliphatic carbocycles. The minimum Gasteiger partial charge on any atom is -0.427 e. The fourth-order valence-corrected chi connectivity index (χ4v) is 4.61. The van der Waals surface area contributed by atoms with Gasteiger partial charge in [0.25, 0.3) is 0 Å². The number of aryl methyl sites for hydroxylation is 1. The molecule has 4 nitrogen and oxygen atoms in total. The molecule has 0 bridgehead atoms. The molecule has 2 rings (SSSR count). The van der Waals surface area contributed by atoms with Gasteiger partial charge < -0.3 is 15.6 Å². The lowest BCUT2D eigenvalue weighted by Crippen LogP contribution is -2.22. The normalized spacial score (nSPS) is 13.0. The van der Waals surface area contributed by atoms with Gasteiger partial charge in [0.05, 0.1) is 6.10 Å². The number of carbonyl (C=O) groups is 1. The van der Waals surface area contributed by atoms with Crippen molar-refractivity contribution in [3.05, 3.63) is 54.1 Å². The minimum atomic E-state index is -0.614. The van der Waals surface area contributed by atoms with E-state index in [1.807, 2.05) is 55.5 Å². The highest BCUT2D eigenvalue weighted by Gasteiger charge is 2.18. The summed E-state index contributed by atoms with van der Waals surface area (Å²) in [6.45, 7) is 4.19. The first-order chi connectivity index (χ1) is 15.5. The molecular weight excluding hydrogens is 418 g/mol. The highest BCUT2D eigenvalue weighted by Crippen LogP contribution is 2.31. The van der Waals surface area contributed by atoms with Crippen LogP contribution in [0.2, 0.25) is 0 Å². The summed E-state index contributed by atoms with van der Waals surface area (Å²) in [5.74, 6) is 0.243. The van der Waals surface area contributed by atoms with E-state index in [-0.39, 0.29) is 17.6 Å². The zero-order chi connectivity index (χ0) is 23.2. The summed E-state index contributed by atoms with van der Waals surface area (Å²) >= 11 is 1.52. The maximum Gasteiger partial charge on any atom is 0.311 e. The van der Waals surface area contributed by atoms with Crippen molar-refractivity contribution in [2.75, 3.05) is 5.73 Å². The lowest BCUT2D eigenvalue weighted by molar-refractivity contribution is -0.135. The number of thioether (sulfide) groups is 1. The standard InChI is InChI=1S/C27H39NO3S/c1-3-4-5-6-7-8-9-12-22-15-17-23(18-16-22)31-27(30)20-19-25(29)21(2)32-26-14-11-10-13-24(26)28/h10-11,13-18,21,25,29H,3-9,12,19-20,28H2,1-2H3. The third-order valence-corrected chi connectivity index (χ3v) is 6.95. The Morgan fingerprint density at radius 2 is 1.66 bits per heavy atom. The molecule has 0 fully saturated rings. The predicted molar refractivity (Wildman–Crippen MR) is 135 cm³/mol. The molecule has 2 aromatic carbocycles. The summed E-state index contributed by atoms with van der Waals surface area (Å²) in [5, 5.41) is 10.3. The average Bonchev–Trinajstić information content (AvgIpc) is 2.79. The fraction of sp³-hybridized carbons (Fsp3) is 0.519. The van der Waals surface area contributed by atoms with Gasteiger partial charge >= 0.3 is 5.97 Å². The van der Waals surface area contributed by atoms with Gasteiger partial charge in [0.1, 0.15) is 5.75 Å². The predicted octanol–water partition coefficient (Wildman–Crippen LogP) is 6.79. The lowest BCUT2D eigenvalue weighted by atomic mass is 10.0. The van der Waals surface area contributed by atoms with Gasteiger partial charge in [-0.2, -0.15) is 0 Å². The molecule has 0 aliphatic heterocycles. The maximum atomic E-state index is 12.2. The Morgan fingerprint density at radius 1 is 1.00 bits per heavy atom. The van der Waals surface area contributed by atoms with E-state index in [4.69, 9.17) is 10.5 Å². The van der Waals surface area contributed by atoms with Crippen LogP contribution in [0.5, 0.6) is 5.75 Å². The van der Waals surface area contributed by atoms with Crippen LogP contribution in [0.25, 0.3) is 0 Å². The van der Waals surface area contributed by atoms with E-state index in [1.54, 1.807) is 0 Å². The molecule has 2 unspecified atom stereocenters. The third-order valence-electron chi connectivity index (χ3n) is 5.64. The van der Waals surface area contributed by atoms with Gasteiger partial charge in [-0.15, -0.1) is 11.8 Å². The van der Waals surface area contributed by atoms with Crippen LogP contribution in [0, 0.1) is 0 Å². The van der Waals surface area contributed by atoms with Crippen molar-refractivity contribution >= 4 is 23.4 Å². The van der Waals surface area contributed by atoms with Crippen LogP contribution < -0.4 is 10.5 Å². The summed E-state index contributed by atoms with van der Waals surface area (Å²) in [5.41, 5.74) is 7.95. The molecule has 0 saturated heterocycles. The Balaban J connectivity index is 1.65. The number of aliphatic hydroxyl groups is 1. The Labute approximate surface area is 197 Å². The van der Waals surface area contributed by atoms with Gasteiger partial charge in [-0.25, -0.2) is 0 Å². The van der Waals surface area contributed by atoms with Crippen LogP contribution in [0.4, 0.5) is 5.69 Å². The smallest absolute Gasteiger partial charge is 0.311 e. The molecule has 0 aromatic heterocycles. The van der Waals surface area contributed by atoms with Crippen LogP contribution in [0.15, 0.2) is 53.4 Å². The Hall–Kier alpha value is -1.98. The number of nitrogens with two attached hydrogens (primary N) is 1. The van der Waals surface area contributed by atoms with E-state index in [9.17, 15) is 9.90 Å².